The number of benzene rings is 3. The zero-order valence-electron chi connectivity index (χ0n) is 14.2. The SMILES string of the molecule is FC(F)(F)c1ccc(/C=C/COc2cccc(Oc3c[c]ccc3)c2)cc1. The van der Waals surface area contributed by atoms with Crippen molar-refractivity contribution in [2.45, 2.75) is 6.18 Å². The highest BCUT2D eigenvalue weighted by Gasteiger charge is 2.29. The van der Waals surface area contributed by atoms with Crippen LogP contribution in [0.5, 0.6) is 17.2 Å². The maximum Gasteiger partial charge on any atom is 0.416 e. The summed E-state index contributed by atoms with van der Waals surface area (Å²) in [6.07, 6.45) is -0.876. The van der Waals surface area contributed by atoms with Crippen LogP contribution in [0.3, 0.4) is 0 Å². The number of alkyl halides is 3. The Balaban J connectivity index is 1.54. The number of ether oxygens (including phenoxy) is 2. The third-order valence-corrected chi connectivity index (χ3v) is 3.61. The van der Waals surface area contributed by atoms with E-state index in [2.05, 4.69) is 6.07 Å². The van der Waals surface area contributed by atoms with Crippen molar-refractivity contribution < 1.29 is 22.6 Å². The Morgan fingerprint density at radius 3 is 2.33 bits per heavy atom. The van der Waals surface area contributed by atoms with Crippen LogP contribution in [0.4, 0.5) is 13.2 Å². The van der Waals surface area contributed by atoms with E-state index in [9.17, 15) is 13.2 Å². The average Bonchev–Trinajstić information content (AvgIpc) is 2.66. The molecule has 5 heteroatoms. The van der Waals surface area contributed by atoms with Crippen LogP contribution >= 0.6 is 0 Å². The van der Waals surface area contributed by atoms with E-state index in [-0.39, 0.29) is 6.61 Å². The van der Waals surface area contributed by atoms with Crippen molar-refractivity contribution in [3.05, 3.63) is 96.1 Å². The molecule has 2 nitrogen and oxygen atoms in total. The molecule has 3 rings (SSSR count). The fourth-order valence-electron chi connectivity index (χ4n) is 2.32. The molecule has 0 spiro atoms. The van der Waals surface area contributed by atoms with Crippen LogP contribution in [0, 0.1) is 6.07 Å². The first-order valence-electron chi connectivity index (χ1n) is 8.21. The quantitative estimate of drug-likeness (QED) is 0.501. The molecule has 0 aliphatic heterocycles. The van der Waals surface area contributed by atoms with Crippen molar-refractivity contribution >= 4 is 6.08 Å². The van der Waals surface area contributed by atoms with E-state index in [0.29, 0.717) is 22.8 Å². The largest absolute Gasteiger partial charge is 0.489 e. The maximum absolute atomic E-state index is 12.5. The molecule has 3 aromatic rings. The lowest BCUT2D eigenvalue weighted by Gasteiger charge is -2.08. The Morgan fingerprint density at radius 1 is 0.889 bits per heavy atom. The van der Waals surface area contributed by atoms with Gasteiger partial charge < -0.3 is 9.47 Å². The molecule has 0 saturated carbocycles. The van der Waals surface area contributed by atoms with E-state index in [1.807, 2.05) is 24.3 Å². The lowest BCUT2D eigenvalue weighted by atomic mass is 10.1. The summed E-state index contributed by atoms with van der Waals surface area (Å²) in [6, 6.07) is 22.3. The van der Waals surface area contributed by atoms with Crippen molar-refractivity contribution in [2.75, 3.05) is 6.61 Å². The second-order valence-corrected chi connectivity index (χ2v) is 5.65. The Labute approximate surface area is 155 Å². The second-order valence-electron chi connectivity index (χ2n) is 5.65. The first-order chi connectivity index (χ1) is 13.0. The predicted molar refractivity (Wildman–Crippen MR) is 97.8 cm³/mol. The number of hydrogen-bond donors (Lipinski definition) is 0. The Hall–Kier alpha value is -3.21. The van der Waals surface area contributed by atoms with Crippen LogP contribution in [0.2, 0.25) is 0 Å². The summed E-state index contributed by atoms with van der Waals surface area (Å²) in [5.74, 6) is 1.94. The Bertz CT molecular complexity index is 885. The summed E-state index contributed by atoms with van der Waals surface area (Å²) in [4.78, 5) is 0. The molecule has 0 amide bonds. The lowest BCUT2D eigenvalue weighted by Crippen LogP contribution is -2.03. The standard InChI is InChI=1S/C22H16F3O2/c23-22(24,25)18-13-11-17(12-14-18)6-5-15-26-20-9-4-10-21(16-20)27-19-7-2-1-3-8-19/h1-2,4-14,16H,15H2/b6-5+. The Morgan fingerprint density at radius 2 is 1.63 bits per heavy atom. The van der Waals surface area contributed by atoms with Crippen molar-refractivity contribution in [1.29, 1.82) is 0 Å². The van der Waals surface area contributed by atoms with Gasteiger partial charge in [-0.15, -0.1) is 0 Å². The van der Waals surface area contributed by atoms with Crippen LogP contribution in [-0.4, -0.2) is 6.61 Å². The molecule has 0 aromatic heterocycles. The summed E-state index contributed by atoms with van der Waals surface area (Å²) in [5.41, 5.74) is 0.00717. The molecule has 0 heterocycles. The summed E-state index contributed by atoms with van der Waals surface area (Å²) < 4.78 is 48.9. The van der Waals surface area contributed by atoms with E-state index in [1.165, 1.54) is 12.1 Å². The Kier molecular flexibility index (Phi) is 5.81. The molecule has 0 unspecified atom stereocenters. The molecule has 3 aromatic carbocycles. The first kappa shape index (κ1) is 18.6. The summed E-state index contributed by atoms with van der Waals surface area (Å²) in [5, 5.41) is 0. The number of hydrogen-bond acceptors (Lipinski definition) is 2. The predicted octanol–water partition coefficient (Wildman–Crippen LogP) is 6.39. The van der Waals surface area contributed by atoms with E-state index >= 15 is 0 Å². The van der Waals surface area contributed by atoms with Gasteiger partial charge in [0, 0.05) is 6.07 Å². The van der Waals surface area contributed by atoms with E-state index in [0.717, 1.165) is 12.1 Å². The molecular weight excluding hydrogens is 353 g/mol. The van der Waals surface area contributed by atoms with Gasteiger partial charge >= 0.3 is 6.18 Å². The molecule has 0 atom stereocenters. The monoisotopic (exact) mass is 369 g/mol. The maximum atomic E-state index is 12.5. The van der Waals surface area contributed by atoms with Crippen LogP contribution in [0.15, 0.2) is 78.9 Å². The molecule has 0 aliphatic rings. The van der Waals surface area contributed by atoms with Crippen molar-refractivity contribution in [3.63, 3.8) is 0 Å². The van der Waals surface area contributed by atoms with Gasteiger partial charge in [0.25, 0.3) is 0 Å². The van der Waals surface area contributed by atoms with Gasteiger partial charge in [-0.25, -0.2) is 0 Å². The zero-order valence-corrected chi connectivity index (χ0v) is 14.2. The molecule has 0 N–H and O–H groups in total. The van der Waals surface area contributed by atoms with Crippen LogP contribution in [0.25, 0.3) is 6.08 Å². The number of rotatable bonds is 6. The molecule has 1 radical (unpaired) electrons. The van der Waals surface area contributed by atoms with E-state index in [1.54, 1.807) is 36.4 Å². The van der Waals surface area contributed by atoms with Crippen molar-refractivity contribution in [1.82, 2.24) is 0 Å². The molecule has 27 heavy (non-hydrogen) atoms. The minimum atomic E-state index is -4.32. The minimum absolute atomic E-state index is 0.281. The fraction of sp³-hybridized carbons (Fsp3) is 0.0909. The lowest BCUT2D eigenvalue weighted by molar-refractivity contribution is -0.137. The van der Waals surface area contributed by atoms with Gasteiger partial charge in [0.2, 0.25) is 0 Å². The van der Waals surface area contributed by atoms with Gasteiger partial charge in [-0.05, 0) is 54.1 Å². The molecule has 0 bridgehead atoms. The van der Waals surface area contributed by atoms with E-state index in [4.69, 9.17) is 9.47 Å². The van der Waals surface area contributed by atoms with Crippen LogP contribution in [-0.2, 0) is 6.18 Å². The highest BCUT2D eigenvalue weighted by molar-refractivity contribution is 5.50. The van der Waals surface area contributed by atoms with Crippen molar-refractivity contribution in [2.24, 2.45) is 0 Å². The first-order valence-corrected chi connectivity index (χ1v) is 8.21. The fourth-order valence-corrected chi connectivity index (χ4v) is 2.32. The summed E-state index contributed by atoms with van der Waals surface area (Å²) >= 11 is 0. The molecule has 137 valence electrons. The highest BCUT2D eigenvalue weighted by Crippen LogP contribution is 2.29. The highest BCUT2D eigenvalue weighted by atomic mass is 19.4. The molecular formula is C22H16F3O2. The minimum Gasteiger partial charge on any atom is -0.489 e. The third kappa shape index (κ3) is 5.64. The van der Waals surface area contributed by atoms with Crippen LogP contribution < -0.4 is 9.47 Å². The summed E-state index contributed by atoms with van der Waals surface area (Å²) in [6.45, 7) is 0.281. The normalized spacial score (nSPS) is 11.5. The zero-order chi connectivity index (χ0) is 19.1. The second kappa shape index (κ2) is 8.45. The van der Waals surface area contributed by atoms with Gasteiger partial charge in [0.05, 0.1) is 5.56 Å². The average molecular weight is 369 g/mol. The van der Waals surface area contributed by atoms with Gasteiger partial charge in [0.1, 0.15) is 23.9 Å². The smallest absolute Gasteiger partial charge is 0.416 e. The van der Waals surface area contributed by atoms with E-state index < -0.39 is 11.7 Å². The van der Waals surface area contributed by atoms with Crippen LogP contribution in [0.1, 0.15) is 11.1 Å². The molecule has 0 aliphatic carbocycles. The third-order valence-electron chi connectivity index (χ3n) is 3.61. The van der Waals surface area contributed by atoms with Gasteiger partial charge in [-0.1, -0.05) is 36.4 Å². The summed E-state index contributed by atoms with van der Waals surface area (Å²) in [7, 11) is 0. The molecule has 0 fully saturated rings. The topological polar surface area (TPSA) is 18.5 Å². The van der Waals surface area contributed by atoms with Crippen molar-refractivity contribution in [3.8, 4) is 17.2 Å². The van der Waals surface area contributed by atoms with Gasteiger partial charge in [-0.3, -0.25) is 0 Å². The van der Waals surface area contributed by atoms with Gasteiger partial charge in [-0.2, -0.15) is 13.2 Å². The number of halogens is 3. The molecule has 0 saturated heterocycles. The van der Waals surface area contributed by atoms with Gasteiger partial charge in [0.15, 0.2) is 0 Å².